The Bertz CT molecular complexity index is 191. The van der Waals surface area contributed by atoms with Gasteiger partial charge in [-0.15, -0.1) is 0 Å². The van der Waals surface area contributed by atoms with Crippen molar-refractivity contribution in [3.63, 3.8) is 0 Å². The first-order chi connectivity index (χ1) is 7.26. The number of hydrogen-bond donors (Lipinski definition) is 1. The van der Waals surface area contributed by atoms with Gasteiger partial charge in [0.25, 0.3) is 0 Å². The van der Waals surface area contributed by atoms with Gasteiger partial charge in [-0.05, 0) is 36.7 Å². The van der Waals surface area contributed by atoms with Crippen molar-refractivity contribution in [3.8, 4) is 0 Å². The summed E-state index contributed by atoms with van der Waals surface area (Å²) in [6.07, 6.45) is 4.15. The maximum atomic E-state index is 11.7. The number of halogens is 1. The van der Waals surface area contributed by atoms with Gasteiger partial charge in [0.15, 0.2) is 0 Å². The number of rotatable bonds is 5. The highest BCUT2D eigenvalue weighted by Crippen LogP contribution is 2.25. The van der Waals surface area contributed by atoms with Gasteiger partial charge < -0.3 is 5.32 Å². The molecular formula is C11H20BrNOS. The molecule has 0 bridgehead atoms. The third kappa shape index (κ3) is 5.25. The van der Waals surface area contributed by atoms with Crippen molar-refractivity contribution in [1.82, 2.24) is 5.32 Å². The molecule has 1 fully saturated rings. The largest absolute Gasteiger partial charge is 0.353 e. The molecule has 0 aliphatic carbocycles. The van der Waals surface area contributed by atoms with Gasteiger partial charge in [0.05, 0.1) is 0 Å². The zero-order valence-corrected chi connectivity index (χ0v) is 11.7. The molecule has 1 aliphatic rings. The minimum Gasteiger partial charge on any atom is -0.353 e. The fourth-order valence-electron chi connectivity index (χ4n) is 1.75. The number of amides is 1. The zero-order valence-electron chi connectivity index (χ0n) is 9.30. The predicted molar refractivity (Wildman–Crippen MR) is 70.7 cm³/mol. The summed E-state index contributed by atoms with van der Waals surface area (Å²) in [6.45, 7) is 2.10. The van der Waals surface area contributed by atoms with Crippen LogP contribution in [0.2, 0.25) is 0 Å². The number of thioether (sulfide) groups is 1. The van der Waals surface area contributed by atoms with Gasteiger partial charge in [0.1, 0.15) is 0 Å². The third-order valence-electron chi connectivity index (χ3n) is 2.86. The van der Waals surface area contributed by atoms with Crippen molar-refractivity contribution in [2.75, 3.05) is 16.8 Å². The van der Waals surface area contributed by atoms with E-state index in [-0.39, 0.29) is 5.91 Å². The molecule has 0 saturated carbocycles. The van der Waals surface area contributed by atoms with Crippen molar-refractivity contribution in [2.45, 2.75) is 38.6 Å². The summed E-state index contributed by atoms with van der Waals surface area (Å²) in [5.41, 5.74) is 0. The fraction of sp³-hybridized carbons (Fsp3) is 0.909. The molecule has 15 heavy (non-hydrogen) atoms. The second-order valence-corrected chi connectivity index (χ2v) is 5.96. The van der Waals surface area contributed by atoms with E-state index in [0.29, 0.717) is 12.0 Å². The summed E-state index contributed by atoms with van der Waals surface area (Å²) in [4.78, 5) is 11.7. The molecule has 88 valence electrons. The molecular weight excluding hydrogens is 274 g/mol. The summed E-state index contributed by atoms with van der Waals surface area (Å²) >= 11 is 5.42. The Morgan fingerprint density at radius 1 is 1.53 bits per heavy atom. The maximum Gasteiger partial charge on any atom is 0.220 e. The number of alkyl halides is 1. The van der Waals surface area contributed by atoms with E-state index in [0.717, 1.165) is 18.2 Å². The summed E-state index contributed by atoms with van der Waals surface area (Å²) < 4.78 is 0. The monoisotopic (exact) mass is 293 g/mol. The Morgan fingerprint density at radius 2 is 2.20 bits per heavy atom. The van der Waals surface area contributed by atoms with E-state index >= 15 is 0 Å². The highest BCUT2D eigenvalue weighted by molar-refractivity contribution is 9.09. The van der Waals surface area contributed by atoms with Gasteiger partial charge in [-0.3, -0.25) is 4.79 Å². The lowest BCUT2D eigenvalue weighted by molar-refractivity contribution is -0.122. The van der Waals surface area contributed by atoms with Gasteiger partial charge in [-0.2, -0.15) is 11.8 Å². The van der Waals surface area contributed by atoms with E-state index in [9.17, 15) is 4.79 Å². The lowest BCUT2D eigenvalue weighted by Gasteiger charge is -2.22. The van der Waals surface area contributed by atoms with Gasteiger partial charge in [0.2, 0.25) is 5.91 Å². The Kier molecular flexibility index (Phi) is 6.73. The summed E-state index contributed by atoms with van der Waals surface area (Å²) in [5.74, 6) is 3.32. The van der Waals surface area contributed by atoms with Gasteiger partial charge >= 0.3 is 0 Å². The normalized spacial score (nSPS) is 19.9. The number of hydrogen-bond acceptors (Lipinski definition) is 2. The van der Waals surface area contributed by atoms with Gasteiger partial charge in [-0.25, -0.2) is 0 Å². The van der Waals surface area contributed by atoms with Crippen LogP contribution in [0, 0.1) is 5.92 Å². The molecule has 2 nitrogen and oxygen atoms in total. The quantitative estimate of drug-likeness (QED) is 0.790. The van der Waals surface area contributed by atoms with Crippen LogP contribution < -0.4 is 5.32 Å². The average Bonchev–Trinajstić information content (AvgIpc) is 2.27. The second-order valence-electron chi connectivity index (χ2n) is 4.09. The molecule has 0 aromatic heterocycles. The molecule has 0 aromatic carbocycles. The van der Waals surface area contributed by atoms with E-state index in [4.69, 9.17) is 0 Å². The van der Waals surface area contributed by atoms with Crippen molar-refractivity contribution in [1.29, 1.82) is 0 Å². The second kappa shape index (κ2) is 7.55. The number of carbonyl (C=O) groups is 1. The predicted octanol–water partition coefficient (Wildman–Crippen LogP) is 2.81. The molecule has 1 heterocycles. The maximum absolute atomic E-state index is 11.7. The molecule has 1 amide bonds. The van der Waals surface area contributed by atoms with E-state index in [2.05, 4.69) is 28.2 Å². The Hall–Kier alpha value is 0.300. The smallest absolute Gasteiger partial charge is 0.220 e. The molecule has 0 radical (unpaired) electrons. The first-order valence-electron chi connectivity index (χ1n) is 5.69. The Balaban J connectivity index is 2.21. The number of carbonyl (C=O) groups excluding carboxylic acids is 1. The minimum atomic E-state index is 0.234. The van der Waals surface area contributed by atoms with E-state index in [1.807, 2.05) is 11.8 Å². The highest BCUT2D eigenvalue weighted by Gasteiger charge is 2.18. The van der Waals surface area contributed by atoms with Crippen LogP contribution in [0.4, 0.5) is 0 Å². The summed E-state index contributed by atoms with van der Waals surface area (Å²) in [6, 6.07) is 0.301. The molecule has 1 atom stereocenters. The Morgan fingerprint density at radius 3 is 2.73 bits per heavy atom. The van der Waals surface area contributed by atoms with E-state index < -0.39 is 0 Å². The fourth-order valence-corrected chi connectivity index (χ4v) is 3.57. The molecule has 0 spiro atoms. The number of nitrogens with one attached hydrogen (secondary N) is 1. The molecule has 1 saturated heterocycles. The summed E-state index contributed by atoms with van der Waals surface area (Å²) in [7, 11) is 0. The van der Waals surface area contributed by atoms with Crippen LogP contribution in [0.3, 0.4) is 0 Å². The Labute approximate surface area is 105 Å². The standard InChI is InChI=1S/C11H20BrNOS/c1-2-10(8-12)13-11(14)7-9-3-5-15-6-4-9/h9-10H,2-8H2,1H3,(H,13,14). The van der Waals surface area contributed by atoms with E-state index in [1.54, 1.807) is 0 Å². The van der Waals surface area contributed by atoms with Crippen LogP contribution in [0.1, 0.15) is 32.6 Å². The van der Waals surface area contributed by atoms with Crippen LogP contribution in [0.5, 0.6) is 0 Å². The molecule has 4 heteroatoms. The van der Waals surface area contributed by atoms with Crippen molar-refractivity contribution in [2.24, 2.45) is 5.92 Å². The highest BCUT2D eigenvalue weighted by atomic mass is 79.9. The van der Waals surface area contributed by atoms with Crippen LogP contribution >= 0.6 is 27.7 Å². The van der Waals surface area contributed by atoms with Gasteiger partial charge in [0, 0.05) is 17.8 Å². The summed E-state index contributed by atoms with van der Waals surface area (Å²) in [5, 5.41) is 3.93. The van der Waals surface area contributed by atoms with Crippen molar-refractivity contribution < 1.29 is 4.79 Å². The first-order valence-corrected chi connectivity index (χ1v) is 7.97. The SMILES string of the molecule is CCC(CBr)NC(=O)CC1CCSCC1. The topological polar surface area (TPSA) is 29.1 Å². The lowest BCUT2D eigenvalue weighted by Crippen LogP contribution is -2.36. The van der Waals surface area contributed by atoms with Crippen LogP contribution in [-0.4, -0.2) is 28.8 Å². The molecule has 1 unspecified atom stereocenters. The first kappa shape index (κ1) is 13.4. The third-order valence-corrected chi connectivity index (χ3v) is 4.69. The van der Waals surface area contributed by atoms with Gasteiger partial charge in [-0.1, -0.05) is 22.9 Å². The molecule has 0 aromatic rings. The van der Waals surface area contributed by atoms with Crippen LogP contribution in [0.25, 0.3) is 0 Å². The van der Waals surface area contributed by atoms with E-state index in [1.165, 1.54) is 24.3 Å². The lowest BCUT2D eigenvalue weighted by atomic mass is 9.98. The van der Waals surface area contributed by atoms with Crippen molar-refractivity contribution in [3.05, 3.63) is 0 Å². The molecule has 1 rings (SSSR count). The zero-order chi connectivity index (χ0) is 11.1. The molecule has 1 aliphatic heterocycles. The van der Waals surface area contributed by atoms with Crippen LogP contribution in [0.15, 0.2) is 0 Å². The molecule has 1 N–H and O–H groups in total. The van der Waals surface area contributed by atoms with Crippen molar-refractivity contribution >= 4 is 33.6 Å². The minimum absolute atomic E-state index is 0.234. The van der Waals surface area contributed by atoms with Crippen LogP contribution in [-0.2, 0) is 4.79 Å². The average molecular weight is 294 g/mol.